The lowest BCUT2D eigenvalue weighted by Gasteiger charge is -2.24. The summed E-state index contributed by atoms with van der Waals surface area (Å²) < 4.78 is 7.51. The Morgan fingerprint density at radius 3 is 2.57 bits per heavy atom. The Hall–Kier alpha value is -3.91. The number of carbonyl (C=O) groups is 1. The molecular weight excluding hydrogens is 468 g/mol. The van der Waals surface area contributed by atoms with Gasteiger partial charge in [0, 0.05) is 29.9 Å². The molecule has 2 aromatic carbocycles. The van der Waals surface area contributed by atoms with Crippen LogP contribution in [0.15, 0.2) is 66.9 Å². The third-order valence-electron chi connectivity index (χ3n) is 6.20. The van der Waals surface area contributed by atoms with Gasteiger partial charge in [0.05, 0.1) is 15.5 Å². The number of imidazole rings is 1. The van der Waals surface area contributed by atoms with Gasteiger partial charge in [-0.05, 0) is 55.3 Å². The van der Waals surface area contributed by atoms with E-state index < -0.39 is 10.9 Å². The summed E-state index contributed by atoms with van der Waals surface area (Å²) in [6.45, 7) is 0. The average molecular weight is 491 g/mol. The molecule has 1 aliphatic carbocycles. The van der Waals surface area contributed by atoms with Crippen molar-refractivity contribution in [2.75, 3.05) is 5.32 Å². The van der Waals surface area contributed by atoms with Crippen LogP contribution in [0.1, 0.15) is 42.5 Å². The molecule has 1 fully saturated rings. The van der Waals surface area contributed by atoms with Gasteiger partial charge >= 0.3 is 5.97 Å². The van der Waals surface area contributed by atoms with Crippen molar-refractivity contribution in [2.45, 2.75) is 38.1 Å². The van der Waals surface area contributed by atoms with E-state index in [1.807, 2.05) is 36.5 Å². The van der Waals surface area contributed by atoms with Crippen LogP contribution >= 0.6 is 11.6 Å². The van der Waals surface area contributed by atoms with Gasteiger partial charge in [0.15, 0.2) is 0 Å². The summed E-state index contributed by atoms with van der Waals surface area (Å²) in [5, 5.41) is 14.6. The zero-order valence-electron chi connectivity index (χ0n) is 18.8. The van der Waals surface area contributed by atoms with Crippen molar-refractivity contribution in [3.8, 4) is 17.0 Å². The number of ether oxygens (including phenoxy) is 1. The van der Waals surface area contributed by atoms with E-state index in [-0.39, 0.29) is 16.3 Å². The lowest BCUT2D eigenvalue weighted by molar-refractivity contribution is -0.384. The van der Waals surface area contributed by atoms with E-state index in [9.17, 15) is 14.9 Å². The summed E-state index contributed by atoms with van der Waals surface area (Å²) in [6.07, 6.45) is 8.01. The standard InChI is InChI=1S/C26H23ClN4O4/c27-22-16-19(31(33)34)11-14-21(22)26(32)35-20-12-9-17(10-13-20)24-25(28-18-6-2-1-3-7-18)30-15-5-4-8-23(30)29-24/h4-5,8-16,18,28H,1-3,6-7H2. The number of fused-ring (bicyclic) bond motifs is 1. The molecule has 0 amide bonds. The number of hydrogen-bond acceptors (Lipinski definition) is 6. The summed E-state index contributed by atoms with van der Waals surface area (Å²) in [6, 6.07) is 17.1. The average Bonchev–Trinajstić information content (AvgIpc) is 3.23. The molecule has 1 N–H and O–H groups in total. The molecule has 4 aromatic rings. The lowest BCUT2D eigenvalue weighted by atomic mass is 9.95. The fourth-order valence-corrected chi connectivity index (χ4v) is 4.65. The van der Waals surface area contributed by atoms with Crippen LogP contribution in [0.5, 0.6) is 5.75 Å². The summed E-state index contributed by atoms with van der Waals surface area (Å²) in [7, 11) is 0. The summed E-state index contributed by atoms with van der Waals surface area (Å²) in [4.78, 5) is 27.7. The first-order chi connectivity index (χ1) is 17.0. The zero-order chi connectivity index (χ0) is 24.4. The van der Waals surface area contributed by atoms with Crippen molar-refractivity contribution in [2.24, 2.45) is 0 Å². The van der Waals surface area contributed by atoms with Gasteiger partial charge in [-0.25, -0.2) is 9.78 Å². The van der Waals surface area contributed by atoms with Crippen molar-refractivity contribution in [1.82, 2.24) is 9.38 Å². The quantitative estimate of drug-likeness (QED) is 0.143. The maximum atomic E-state index is 12.6. The largest absolute Gasteiger partial charge is 0.423 e. The smallest absolute Gasteiger partial charge is 0.345 e. The summed E-state index contributed by atoms with van der Waals surface area (Å²) in [5.41, 5.74) is 2.43. The van der Waals surface area contributed by atoms with E-state index in [1.54, 1.807) is 12.1 Å². The van der Waals surface area contributed by atoms with E-state index in [1.165, 1.54) is 31.4 Å². The number of nitrogens with zero attached hydrogens (tertiary/aromatic N) is 3. The van der Waals surface area contributed by atoms with Crippen LogP contribution in [-0.2, 0) is 0 Å². The molecule has 0 unspecified atom stereocenters. The number of rotatable bonds is 6. The third kappa shape index (κ3) is 4.83. The highest BCUT2D eigenvalue weighted by molar-refractivity contribution is 6.33. The van der Waals surface area contributed by atoms with Crippen molar-refractivity contribution in [3.05, 3.63) is 87.6 Å². The maximum absolute atomic E-state index is 12.6. The minimum absolute atomic E-state index is 0.0380. The number of esters is 1. The highest BCUT2D eigenvalue weighted by Crippen LogP contribution is 2.33. The maximum Gasteiger partial charge on any atom is 0.345 e. The number of pyridine rings is 1. The van der Waals surface area contributed by atoms with Crippen LogP contribution in [0.3, 0.4) is 0 Å². The van der Waals surface area contributed by atoms with E-state index in [2.05, 4.69) is 9.72 Å². The first-order valence-corrected chi connectivity index (χ1v) is 11.9. The molecule has 0 atom stereocenters. The van der Waals surface area contributed by atoms with Gasteiger partial charge < -0.3 is 10.1 Å². The number of hydrogen-bond donors (Lipinski definition) is 1. The molecule has 1 aliphatic rings. The van der Waals surface area contributed by atoms with Gasteiger partial charge in [-0.1, -0.05) is 36.9 Å². The number of aromatic nitrogens is 2. The Morgan fingerprint density at radius 1 is 1.09 bits per heavy atom. The van der Waals surface area contributed by atoms with Crippen LogP contribution in [-0.4, -0.2) is 26.3 Å². The van der Waals surface area contributed by atoms with Gasteiger partial charge in [-0.15, -0.1) is 0 Å². The van der Waals surface area contributed by atoms with Crippen molar-refractivity contribution >= 4 is 34.7 Å². The molecule has 1 saturated carbocycles. The molecule has 2 aromatic heterocycles. The minimum Gasteiger partial charge on any atom is -0.423 e. The third-order valence-corrected chi connectivity index (χ3v) is 6.51. The first kappa shape index (κ1) is 22.9. The van der Waals surface area contributed by atoms with Gasteiger partial charge in [0.1, 0.15) is 22.9 Å². The molecule has 2 heterocycles. The second-order valence-electron chi connectivity index (χ2n) is 8.55. The zero-order valence-corrected chi connectivity index (χ0v) is 19.6. The van der Waals surface area contributed by atoms with Crippen molar-refractivity contribution in [1.29, 1.82) is 0 Å². The Balaban J connectivity index is 1.39. The number of benzene rings is 2. The molecule has 0 aliphatic heterocycles. The molecule has 0 spiro atoms. The van der Waals surface area contributed by atoms with E-state index in [0.717, 1.165) is 41.6 Å². The summed E-state index contributed by atoms with van der Waals surface area (Å²) >= 11 is 6.05. The number of nitro groups is 1. The second-order valence-corrected chi connectivity index (χ2v) is 8.96. The van der Waals surface area contributed by atoms with Crippen molar-refractivity contribution < 1.29 is 14.5 Å². The molecule has 0 bridgehead atoms. The van der Waals surface area contributed by atoms with Crippen LogP contribution in [0.4, 0.5) is 11.5 Å². The molecule has 9 heteroatoms. The Labute approximate surface area is 206 Å². The fourth-order valence-electron chi connectivity index (χ4n) is 4.40. The van der Waals surface area contributed by atoms with Crippen LogP contribution < -0.4 is 10.1 Å². The molecule has 0 radical (unpaired) electrons. The molecular formula is C26H23ClN4O4. The number of non-ortho nitro benzene ring substituents is 1. The number of nitrogens with one attached hydrogen (secondary N) is 1. The van der Waals surface area contributed by atoms with E-state index in [0.29, 0.717) is 11.8 Å². The molecule has 0 saturated heterocycles. The van der Waals surface area contributed by atoms with Gasteiger partial charge in [0.2, 0.25) is 0 Å². The predicted octanol–water partition coefficient (Wildman–Crippen LogP) is 6.53. The highest BCUT2D eigenvalue weighted by atomic mass is 35.5. The van der Waals surface area contributed by atoms with Crippen LogP contribution in [0, 0.1) is 10.1 Å². The normalized spacial score (nSPS) is 14.1. The Morgan fingerprint density at radius 2 is 1.86 bits per heavy atom. The topological polar surface area (TPSA) is 98.8 Å². The van der Waals surface area contributed by atoms with E-state index >= 15 is 0 Å². The molecule has 35 heavy (non-hydrogen) atoms. The SMILES string of the molecule is O=C(Oc1ccc(-c2nc3ccccn3c2NC2CCCCC2)cc1)c1ccc([N+](=O)[O-])cc1Cl. The lowest BCUT2D eigenvalue weighted by Crippen LogP contribution is -2.23. The monoisotopic (exact) mass is 490 g/mol. The number of nitro benzene ring substituents is 1. The number of anilines is 1. The van der Waals surface area contributed by atoms with Gasteiger partial charge in [-0.3, -0.25) is 14.5 Å². The van der Waals surface area contributed by atoms with Gasteiger partial charge in [0.25, 0.3) is 5.69 Å². The van der Waals surface area contributed by atoms with Crippen LogP contribution in [0.2, 0.25) is 5.02 Å². The minimum atomic E-state index is -0.690. The number of carbonyl (C=O) groups excluding carboxylic acids is 1. The predicted molar refractivity (Wildman–Crippen MR) is 134 cm³/mol. The second kappa shape index (κ2) is 9.76. The molecule has 8 nitrogen and oxygen atoms in total. The van der Waals surface area contributed by atoms with Crippen LogP contribution in [0.25, 0.3) is 16.9 Å². The fraction of sp³-hybridized carbons (Fsp3) is 0.231. The van der Waals surface area contributed by atoms with Gasteiger partial charge in [-0.2, -0.15) is 0 Å². The van der Waals surface area contributed by atoms with Crippen molar-refractivity contribution in [3.63, 3.8) is 0 Å². The highest BCUT2D eigenvalue weighted by Gasteiger charge is 2.20. The number of halogens is 1. The Bertz CT molecular complexity index is 1390. The molecule has 178 valence electrons. The summed E-state index contributed by atoms with van der Waals surface area (Å²) in [5.74, 6) is 0.596. The first-order valence-electron chi connectivity index (χ1n) is 11.5. The molecule has 5 rings (SSSR count). The Kier molecular flexibility index (Phi) is 6.37. The van der Waals surface area contributed by atoms with E-state index in [4.69, 9.17) is 21.3 Å².